The zero-order chi connectivity index (χ0) is 19.3. The molecule has 0 N–H and O–H groups in total. The number of nitrogens with zero attached hydrogens (tertiary/aromatic N) is 3. The number of para-hydroxylation sites is 1. The Morgan fingerprint density at radius 1 is 1.26 bits per heavy atom. The monoisotopic (exact) mass is 377 g/mol. The van der Waals surface area contributed by atoms with Crippen molar-refractivity contribution in [3.8, 4) is 11.4 Å². The predicted molar refractivity (Wildman–Crippen MR) is 89.5 cm³/mol. The lowest BCUT2D eigenvalue weighted by Gasteiger charge is -2.19. The Bertz CT molecular complexity index is 1080. The van der Waals surface area contributed by atoms with Crippen molar-refractivity contribution in [3.63, 3.8) is 0 Å². The molecule has 0 saturated heterocycles. The molecule has 0 bridgehead atoms. The van der Waals surface area contributed by atoms with E-state index in [1.165, 1.54) is 6.92 Å². The molecule has 1 aliphatic heterocycles. The van der Waals surface area contributed by atoms with Gasteiger partial charge in [-0.3, -0.25) is 9.48 Å². The van der Waals surface area contributed by atoms with E-state index in [1.807, 2.05) is 0 Å². The fraction of sp³-hybridized carbons (Fsp3) is 0.278. The number of ether oxygens (including phenoxy) is 1. The summed E-state index contributed by atoms with van der Waals surface area (Å²) in [4.78, 5) is 24.2. The summed E-state index contributed by atoms with van der Waals surface area (Å²) in [7, 11) is 0. The van der Waals surface area contributed by atoms with Crippen molar-refractivity contribution < 1.29 is 27.5 Å². The van der Waals surface area contributed by atoms with Gasteiger partial charge in [-0.1, -0.05) is 18.2 Å². The summed E-state index contributed by atoms with van der Waals surface area (Å²) in [5, 5.41) is 4.24. The maximum atomic E-state index is 13.5. The molecule has 27 heavy (non-hydrogen) atoms. The summed E-state index contributed by atoms with van der Waals surface area (Å²) in [6, 6.07) is 7.03. The van der Waals surface area contributed by atoms with E-state index >= 15 is 0 Å². The van der Waals surface area contributed by atoms with Crippen LogP contribution >= 0.6 is 0 Å². The predicted octanol–water partition coefficient (Wildman–Crippen LogP) is 3.53. The van der Waals surface area contributed by atoms with Gasteiger partial charge in [-0.05, 0) is 13.0 Å². The number of alkyl halides is 3. The van der Waals surface area contributed by atoms with E-state index in [0.717, 1.165) is 4.68 Å². The highest BCUT2D eigenvalue weighted by atomic mass is 19.4. The summed E-state index contributed by atoms with van der Waals surface area (Å²) in [6.07, 6.45) is -4.23. The minimum Gasteiger partial charge on any atom is -0.462 e. The number of hydrogen-bond acceptors (Lipinski definition) is 4. The molecule has 0 aliphatic carbocycles. The number of aromatic nitrogens is 3. The van der Waals surface area contributed by atoms with Gasteiger partial charge in [-0.25, -0.2) is 4.79 Å². The molecule has 0 radical (unpaired) electrons. The third kappa shape index (κ3) is 2.45. The van der Waals surface area contributed by atoms with Gasteiger partial charge in [0.15, 0.2) is 12.0 Å². The highest BCUT2D eigenvalue weighted by molar-refractivity contribution is 6.08. The van der Waals surface area contributed by atoms with E-state index in [1.54, 1.807) is 28.8 Å². The van der Waals surface area contributed by atoms with Gasteiger partial charge in [0, 0.05) is 23.0 Å². The van der Waals surface area contributed by atoms with Gasteiger partial charge in [-0.15, -0.1) is 0 Å². The van der Waals surface area contributed by atoms with E-state index in [4.69, 9.17) is 4.74 Å². The van der Waals surface area contributed by atoms with Crippen LogP contribution < -0.4 is 0 Å². The Hall–Kier alpha value is -3.10. The third-order valence-electron chi connectivity index (χ3n) is 4.59. The second-order valence-corrected chi connectivity index (χ2v) is 6.06. The van der Waals surface area contributed by atoms with E-state index in [9.17, 15) is 22.8 Å². The number of esters is 1. The van der Waals surface area contributed by atoms with Crippen molar-refractivity contribution in [2.75, 3.05) is 6.61 Å². The van der Waals surface area contributed by atoms with Crippen LogP contribution in [0, 0.1) is 0 Å². The fourth-order valence-corrected chi connectivity index (χ4v) is 3.59. The van der Waals surface area contributed by atoms with E-state index in [-0.39, 0.29) is 30.1 Å². The molecule has 140 valence electrons. The van der Waals surface area contributed by atoms with Gasteiger partial charge in [0.25, 0.3) is 0 Å². The van der Waals surface area contributed by atoms with Crippen molar-refractivity contribution in [1.29, 1.82) is 0 Å². The fourth-order valence-electron chi connectivity index (χ4n) is 3.59. The topological polar surface area (TPSA) is 66.1 Å². The van der Waals surface area contributed by atoms with Crippen LogP contribution in [-0.4, -0.2) is 33.2 Å². The molecule has 0 atom stereocenters. The summed E-state index contributed by atoms with van der Waals surface area (Å²) in [6.45, 7) is 1.90. The molecule has 3 aromatic rings. The number of carbonyl (C=O) groups excluding carboxylic acids is 2. The summed E-state index contributed by atoms with van der Waals surface area (Å²) in [5.41, 5.74) is -0.798. The number of rotatable bonds is 3. The lowest BCUT2D eigenvalue weighted by Crippen LogP contribution is -2.19. The molecule has 0 unspecified atom stereocenters. The van der Waals surface area contributed by atoms with Gasteiger partial charge in [0.1, 0.15) is 11.3 Å². The molecule has 6 nitrogen and oxygen atoms in total. The number of aldehydes is 1. The number of fused-ring (bicyclic) bond motifs is 5. The molecule has 9 heteroatoms. The minimum absolute atomic E-state index is 0.0367. The molecular weight excluding hydrogens is 363 g/mol. The maximum Gasteiger partial charge on any atom is 0.436 e. The van der Waals surface area contributed by atoms with Gasteiger partial charge in [0.05, 0.1) is 18.8 Å². The number of hydrogen-bond donors (Lipinski definition) is 0. The van der Waals surface area contributed by atoms with Crippen LogP contribution in [0.15, 0.2) is 24.3 Å². The second kappa shape index (κ2) is 5.97. The van der Waals surface area contributed by atoms with E-state index < -0.39 is 23.4 Å². The number of aryl methyl sites for hydroxylation is 2. The molecule has 2 aromatic heterocycles. The standard InChI is InChI=1S/C18H14F3N3O3/c1-2-27-17(26)13-15-14-11(9-25)10-5-3-4-6-12(10)23(14)7-8-24(15)22-16(13)18(19,20)21/h3-6,9H,2,7-8H2,1H3. The Morgan fingerprint density at radius 2 is 2.00 bits per heavy atom. The van der Waals surface area contributed by atoms with Crippen molar-refractivity contribution >= 4 is 23.2 Å². The van der Waals surface area contributed by atoms with Crippen LogP contribution in [0.3, 0.4) is 0 Å². The lowest BCUT2D eigenvalue weighted by molar-refractivity contribution is -0.142. The number of halogens is 3. The van der Waals surface area contributed by atoms with Crippen LogP contribution in [0.4, 0.5) is 13.2 Å². The summed E-state index contributed by atoms with van der Waals surface area (Å²) < 4.78 is 48.4. The van der Waals surface area contributed by atoms with Gasteiger partial charge in [-0.2, -0.15) is 18.3 Å². The largest absolute Gasteiger partial charge is 0.462 e. The first kappa shape index (κ1) is 17.3. The first-order valence-corrected chi connectivity index (χ1v) is 8.30. The zero-order valence-electron chi connectivity index (χ0n) is 14.2. The van der Waals surface area contributed by atoms with Gasteiger partial charge in [0.2, 0.25) is 0 Å². The van der Waals surface area contributed by atoms with Crippen molar-refractivity contribution in [3.05, 3.63) is 41.1 Å². The minimum atomic E-state index is -4.83. The smallest absolute Gasteiger partial charge is 0.436 e. The molecule has 1 aromatic carbocycles. The molecule has 4 rings (SSSR count). The third-order valence-corrected chi connectivity index (χ3v) is 4.59. The Morgan fingerprint density at radius 3 is 2.67 bits per heavy atom. The van der Waals surface area contributed by atoms with Gasteiger partial charge >= 0.3 is 12.1 Å². The summed E-state index contributed by atoms with van der Waals surface area (Å²) >= 11 is 0. The van der Waals surface area contributed by atoms with Crippen molar-refractivity contribution in [2.24, 2.45) is 0 Å². The molecule has 3 heterocycles. The summed E-state index contributed by atoms with van der Waals surface area (Å²) in [5.74, 6) is -1.11. The second-order valence-electron chi connectivity index (χ2n) is 6.06. The average molecular weight is 377 g/mol. The van der Waals surface area contributed by atoms with E-state index in [0.29, 0.717) is 23.7 Å². The van der Waals surface area contributed by atoms with Crippen molar-refractivity contribution in [1.82, 2.24) is 14.3 Å². The first-order valence-electron chi connectivity index (χ1n) is 8.30. The Balaban J connectivity index is 2.11. The highest BCUT2D eigenvalue weighted by Crippen LogP contribution is 2.42. The quantitative estimate of drug-likeness (QED) is 0.517. The normalized spacial score (nSPS) is 13.3. The molecule has 0 spiro atoms. The number of benzene rings is 1. The van der Waals surface area contributed by atoms with Crippen LogP contribution in [0.25, 0.3) is 22.3 Å². The molecule has 0 fully saturated rings. The lowest BCUT2D eigenvalue weighted by atomic mass is 10.0. The Kier molecular flexibility index (Phi) is 3.83. The molecule has 1 aliphatic rings. The highest BCUT2D eigenvalue weighted by Gasteiger charge is 2.44. The van der Waals surface area contributed by atoms with Crippen LogP contribution in [-0.2, 0) is 24.0 Å². The first-order chi connectivity index (χ1) is 12.9. The Labute approximate surface area is 151 Å². The number of carbonyl (C=O) groups is 2. The van der Waals surface area contributed by atoms with Crippen LogP contribution in [0.1, 0.15) is 33.3 Å². The van der Waals surface area contributed by atoms with Gasteiger partial charge < -0.3 is 9.30 Å². The zero-order valence-corrected chi connectivity index (χ0v) is 14.2. The maximum absolute atomic E-state index is 13.5. The van der Waals surface area contributed by atoms with E-state index in [2.05, 4.69) is 5.10 Å². The average Bonchev–Trinajstić information content (AvgIpc) is 3.17. The molecule has 0 amide bonds. The van der Waals surface area contributed by atoms with Crippen LogP contribution in [0.5, 0.6) is 0 Å². The van der Waals surface area contributed by atoms with Crippen molar-refractivity contribution in [2.45, 2.75) is 26.2 Å². The van der Waals surface area contributed by atoms with Crippen LogP contribution in [0.2, 0.25) is 0 Å². The molecule has 0 saturated carbocycles. The SMILES string of the molecule is CCOC(=O)c1c(C(F)(F)F)nn2c1-c1c(C=O)c3ccccc3n1CC2. The molecular formula is C18H14F3N3O3.